The molecule has 130 valence electrons. The number of halogens is 4. The number of allylic oxidation sites excluding steroid dienone is 2. The monoisotopic (exact) mass is 350 g/mol. The highest BCUT2D eigenvalue weighted by Gasteiger charge is 2.62. The van der Waals surface area contributed by atoms with Crippen LogP contribution in [0.5, 0.6) is 0 Å². The van der Waals surface area contributed by atoms with Crippen molar-refractivity contribution in [2.24, 2.45) is 17.3 Å². The van der Waals surface area contributed by atoms with Crippen LogP contribution in [0.2, 0.25) is 0 Å². The molecule has 0 amide bonds. The van der Waals surface area contributed by atoms with E-state index in [1.54, 1.807) is 13.8 Å². The van der Waals surface area contributed by atoms with E-state index in [-0.39, 0.29) is 6.10 Å². The Bertz CT molecular complexity index is 534. The number of hydrogen-bond donors (Lipinski definition) is 0. The van der Waals surface area contributed by atoms with Crippen LogP contribution >= 0.6 is 11.6 Å². The zero-order valence-corrected chi connectivity index (χ0v) is 14.3. The molecular formula is C17H22ClF3O2. The number of ether oxygens (including phenoxy) is 1. The van der Waals surface area contributed by atoms with E-state index < -0.39 is 34.4 Å². The van der Waals surface area contributed by atoms with E-state index in [4.69, 9.17) is 16.3 Å². The highest BCUT2D eigenvalue weighted by Crippen LogP contribution is 2.60. The van der Waals surface area contributed by atoms with E-state index in [0.29, 0.717) is 6.42 Å². The van der Waals surface area contributed by atoms with Crippen LogP contribution in [-0.2, 0) is 9.53 Å². The normalized spacial score (nSPS) is 30.1. The van der Waals surface area contributed by atoms with E-state index in [0.717, 1.165) is 25.3 Å². The summed E-state index contributed by atoms with van der Waals surface area (Å²) in [4.78, 5) is 12.3. The van der Waals surface area contributed by atoms with Crippen molar-refractivity contribution in [3.05, 3.63) is 22.8 Å². The highest BCUT2D eigenvalue weighted by molar-refractivity contribution is 6.30. The first-order valence-electron chi connectivity index (χ1n) is 7.90. The molecule has 0 radical (unpaired) electrons. The zero-order valence-electron chi connectivity index (χ0n) is 13.5. The predicted molar refractivity (Wildman–Crippen MR) is 82.9 cm³/mol. The van der Waals surface area contributed by atoms with Gasteiger partial charge in [-0.1, -0.05) is 56.5 Å². The van der Waals surface area contributed by atoms with E-state index in [2.05, 4.69) is 13.0 Å². The molecule has 1 unspecified atom stereocenters. The third-order valence-electron chi connectivity index (χ3n) is 4.77. The van der Waals surface area contributed by atoms with Crippen LogP contribution in [0.15, 0.2) is 22.8 Å². The summed E-state index contributed by atoms with van der Waals surface area (Å²) in [5.74, 6) is -1.51. The van der Waals surface area contributed by atoms with Crippen molar-refractivity contribution >= 4 is 17.6 Å². The lowest BCUT2D eigenvalue weighted by atomic mass is 10.1. The number of esters is 1. The van der Waals surface area contributed by atoms with Crippen molar-refractivity contribution in [1.82, 2.24) is 0 Å². The molecule has 0 saturated heterocycles. The molecule has 0 spiro atoms. The van der Waals surface area contributed by atoms with Gasteiger partial charge in [0.2, 0.25) is 0 Å². The topological polar surface area (TPSA) is 26.3 Å². The van der Waals surface area contributed by atoms with Gasteiger partial charge in [-0.15, -0.1) is 0 Å². The van der Waals surface area contributed by atoms with Crippen LogP contribution in [0.25, 0.3) is 0 Å². The Labute approximate surface area is 139 Å². The van der Waals surface area contributed by atoms with Crippen LogP contribution in [0, 0.1) is 17.3 Å². The molecule has 0 aromatic heterocycles. The molecule has 0 N–H and O–H groups in total. The lowest BCUT2D eigenvalue weighted by Gasteiger charge is -2.13. The fourth-order valence-corrected chi connectivity index (χ4v) is 3.44. The quantitative estimate of drug-likeness (QED) is 0.492. The first-order chi connectivity index (χ1) is 10.6. The van der Waals surface area contributed by atoms with Crippen LogP contribution in [-0.4, -0.2) is 18.2 Å². The van der Waals surface area contributed by atoms with Gasteiger partial charge in [0.1, 0.15) is 11.1 Å². The second-order valence-corrected chi connectivity index (χ2v) is 7.36. The summed E-state index contributed by atoms with van der Waals surface area (Å²) in [5.41, 5.74) is 0.734. The minimum atomic E-state index is -4.57. The summed E-state index contributed by atoms with van der Waals surface area (Å²) in [6.07, 6.45) is 1.76. The molecule has 0 aliphatic heterocycles. The molecule has 0 aromatic carbocycles. The summed E-state index contributed by atoms with van der Waals surface area (Å²) in [6, 6.07) is 0. The maximum absolute atomic E-state index is 12.5. The molecule has 1 fully saturated rings. The fourth-order valence-electron chi connectivity index (χ4n) is 3.30. The minimum absolute atomic E-state index is 0.178. The molecule has 0 aromatic rings. The SMILES string of the molecule is CCCC1=CCC(OC(=O)[C@@H]2[C@@H](C=C(Cl)C(F)(F)F)C2(C)C)C1. The first-order valence-corrected chi connectivity index (χ1v) is 8.28. The second-order valence-electron chi connectivity index (χ2n) is 6.95. The van der Waals surface area contributed by atoms with Gasteiger partial charge in [-0.2, -0.15) is 13.2 Å². The number of hydrogen-bond acceptors (Lipinski definition) is 2. The summed E-state index contributed by atoms with van der Waals surface area (Å²) in [5, 5.41) is -1.17. The summed E-state index contributed by atoms with van der Waals surface area (Å²) in [6.45, 7) is 5.61. The van der Waals surface area contributed by atoms with Crippen molar-refractivity contribution in [1.29, 1.82) is 0 Å². The fraction of sp³-hybridized carbons (Fsp3) is 0.706. The van der Waals surface area contributed by atoms with E-state index in [1.165, 1.54) is 5.57 Å². The standard InChI is InChI=1S/C17H22ClF3O2/c1-4-5-10-6-7-11(8-10)23-15(22)14-12(16(14,2)3)9-13(18)17(19,20)21/h6,9,11-12,14H,4-5,7-8H2,1-3H3/t11?,12-,14+/m1/s1. The average Bonchev–Trinajstić information content (AvgIpc) is 2.76. The van der Waals surface area contributed by atoms with Crippen LogP contribution < -0.4 is 0 Å². The number of alkyl halides is 3. The maximum atomic E-state index is 12.5. The maximum Gasteiger partial charge on any atom is 0.426 e. The van der Waals surface area contributed by atoms with E-state index in [9.17, 15) is 18.0 Å². The summed E-state index contributed by atoms with van der Waals surface area (Å²) >= 11 is 5.29. The van der Waals surface area contributed by atoms with Crippen molar-refractivity contribution in [2.45, 2.75) is 58.7 Å². The molecule has 0 bridgehead atoms. The average molecular weight is 351 g/mol. The minimum Gasteiger partial charge on any atom is -0.461 e. The Morgan fingerprint density at radius 2 is 2.13 bits per heavy atom. The highest BCUT2D eigenvalue weighted by atomic mass is 35.5. The van der Waals surface area contributed by atoms with Crippen LogP contribution in [0.1, 0.15) is 46.5 Å². The summed E-state index contributed by atoms with van der Waals surface area (Å²) < 4.78 is 43.1. The lowest BCUT2D eigenvalue weighted by molar-refractivity contribution is -0.151. The summed E-state index contributed by atoms with van der Waals surface area (Å²) in [7, 11) is 0. The Kier molecular flexibility index (Phi) is 5.19. The number of carbonyl (C=O) groups is 1. The predicted octanol–water partition coefficient (Wildman–Crippen LogP) is 5.38. The lowest BCUT2D eigenvalue weighted by Crippen LogP contribution is -2.19. The van der Waals surface area contributed by atoms with Gasteiger partial charge in [0, 0.05) is 12.8 Å². The van der Waals surface area contributed by atoms with Gasteiger partial charge in [0.25, 0.3) is 0 Å². The van der Waals surface area contributed by atoms with Crippen LogP contribution in [0.4, 0.5) is 13.2 Å². The van der Waals surface area contributed by atoms with Gasteiger partial charge in [-0.25, -0.2) is 0 Å². The molecule has 1 saturated carbocycles. The number of rotatable bonds is 5. The van der Waals surface area contributed by atoms with Gasteiger partial charge in [0.05, 0.1) is 5.92 Å². The van der Waals surface area contributed by atoms with Gasteiger partial charge >= 0.3 is 12.1 Å². The third-order valence-corrected chi connectivity index (χ3v) is 5.11. The first kappa shape index (κ1) is 18.4. The van der Waals surface area contributed by atoms with Gasteiger partial charge in [0.15, 0.2) is 0 Å². The molecule has 2 rings (SSSR count). The van der Waals surface area contributed by atoms with E-state index in [1.807, 2.05) is 0 Å². The third kappa shape index (κ3) is 4.11. The Balaban J connectivity index is 1.94. The Hall–Kier alpha value is -0.970. The molecule has 23 heavy (non-hydrogen) atoms. The van der Waals surface area contributed by atoms with Gasteiger partial charge < -0.3 is 4.74 Å². The molecule has 3 atom stereocenters. The van der Waals surface area contributed by atoms with Gasteiger partial charge in [-0.05, 0) is 17.8 Å². The van der Waals surface area contributed by atoms with Crippen molar-refractivity contribution in [2.75, 3.05) is 0 Å². The van der Waals surface area contributed by atoms with Gasteiger partial charge in [-0.3, -0.25) is 4.79 Å². The second kappa shape index (κ2) is 6.50. The van der Waals surface area contributed by atoms with E-state index >= 15 is 0 Å². The Morgan fingerprint density at radius 3 is 2.70 bits per heavy atom. The smallest absolute Gasteiger partial charge is 0.426 e. The Morgan fingerprint density at radius 1 is 1.48 bits per heavy atom. The van der Waals surface area contributed by atoms with Crippen molar-refractivity contribution < 1.29 is 22.7 Å². The van der Waals surface area contributed by atoms with Crippen molar-refractivity contribution in [3.63, 3.8) is 0 Å². The molecule has 0 heterocycles. The molecule has 6 heteroatoms. The molecule has 2 aliphatic rings. The van der Waals surface area contributed by atoms with Crippen LogP contribution in [0.3, 0.4) is 0 Å². The molecular weight excluding hydrogens is 329 g/mol. The largest absolute Gasteiger partial charge is 0.461 e. The zero-order chi connectivity index (χ0) is 17.4. The molecule has 2 aliphatic carbocycles. The number of carbonyl (C=O) groups excluding carboxylic acids is 1. The molecule has 2 nitrogen and oxygen atoms in total. The van der Waals surface area contributed by atoms with Crippen molar-refractivity contribution in [3.8, 4) is 0 Å².